The number of carboxylic acid groups (broad SMARTS) is 1. The molecule has 2 aliphatic heterocycles. The van der Waals surface area contributed by atoms with Gasteiger partial charge in [0.25, 0.3) is 0 Å². The summed E-state index contributed by atoms with van der Waals surface area (Å²) < 4.78 is 34.8. The molecule has 1 aromatic carbocycles. The van der Waals surface area contributed by atoms with Crippen LogP contribution in [0.5, 0.6) is 5.75 Å². The van der Waals surface area contributed by atoms with Crippen LogP contribution in [0.3, 0.4) is 0 Å². The van der Waals surface area contributed by atoms with Gasteiger partial charge in [0, 0.05) is 19.6 Å². The zero-order valence-electron chi connectivity index (χ0n) is 15.4. The number of carbonyl (C=O) groups is 2. The molecule has 0 bridgehead atoms. The molecule has 9 heteroatoms. The summed E-state index contributed by atoms with van der Waals surface area (Å²) in [7, 11) is 0. The Balaban J connectivity index is 1.68. The molecule has 2 saturated heterocycles. The van der Waals surface area contributed by atoms with Crippen molar-refractivity contribution in [3.8, 4) is 5.75 Å². The lowest BCUT2D eigenvalue weighted by Gasteiger charge is -2.38. The van der Waals surface area contributed by atoms with Gasteiger partial charge in [0.2, 0.25) is 5.91 Å². The van der Waals surface area contributed by atoms with Crippen molar-refractivity contribution in [2.24, 2.45) is 0 Å². The molecule has 2 heterocycles. The molecule has 0 aromatic heterocycles. The first-order chi connectivity index (χ1) is 13.4. The number of alkyl halides is 2. The smallest absolute Gasteiger partial charge is 0.387 e. The first-order valence-corrected chi connectivity index (χ1v) is 9.35. The van der Waals surface area contributed by atoms with Crippen LogP contribution >= 0.6 is 0 Å². The summed E-state index contributed by atoms with van der Waals surface area (Å²) in [6, 6.07) is 5.93. The van der Waals surface area contributed by atoms with Gasteiger partial charge in [-0.25, -0.2) is 0 Å². The van der Waals surface area contributed by atoms with Crippen LogP contribution in [0.4, 0.5) is 8.78 Å². The molecule has 2 fully saturated rings. The highest BCUT2D eigenvalue weighted by atomic mass is 19.3. The fourth-order valence-electron chi connectivity index (χ4n) is 3.76. The van der Waals surface area contributed by atoms with Crippen molar-refractivity contribution in [3.05, 3.63) is 29.8 Å². The van der Waals surface area contributed by atoms with Gasteiger partial charge in [0.15, 0.2) is 0 Å². The summed E-state index contributed by atoms with van der Waals surface area (Å²) in [6.07, 6.45) is 2.03. The number of hydrogen-bond donors (Lipinski definition) is 1. The van der Waals surface area contributed by atoms with Crippen molar-refractivity contribution >= 4 is 11.9 Å². The van der Waals surface area contributed by atoms with Gasteiger partial charge in [-0.1, -0.05) is 12.1 Å². The van der Waals surface area contributed by atoms with Gasteiger partial charge in [-0.15, -0.1) is 0 Å². The fraction of sp³-hybridized carbons (Fsp3) is 0.579. The van der Waals surface area contributed by atoms with Gasteiger partial charge >= 0.3 is 12.6 Å². The normalized spacial score (nSPS) is 24.2. The van der Waals surface area contributed by atoms with Crippen molar-refractivity contribution in [2.45, 2.75) is 38.0 Å². The minimum atomic E-state index is -2.87. The first kappa shape index (κ1) is 20.5. The average molecular weight is 398 g/mol. The monoisotopic (exact) mass is 398 g/mol. The lowest BCUT2D eigenvalue weighted by Crippen LogP contribution is -2.52. The molecule has 0 spiro atoms. The van der Waals surface area contributed by atoms with Crippen LogP contribution < -0.4 is 4.74 Å². The molecule has 0 radical (unpaired) electrons. The summed E-state index contributed by atoms with van der Waals surface area (Å²) in [5.74, 6) is -1.09. The van der Waals surface area contributed by atoms with Crippen molar-refractivity contribution in [3.63, 3.8) is 0 Å². The van der Waals surface area contributed by atoms with E-state index < -0.39 is 12.6 Å². The highest BCUT2D eigenvalue weighted by Gasteiger charge is 2.35. The van der Waals surface area contributed by atoms with Crippen molar-refractivity contribution in [1.82, 2.24) is 9.80 Å². The van der Waals surface area contributed by atoms with Gasteiger partial charge in [-0.2, -0.15) is 8.78 Å². The molecule has 7 nitrogen and oxygen atoms in total. The fourth-order valence-corrected chi connectivity index (χ4v) is 3.76. The minimum Gasteiger partial charge on any atom is -0.480 e. The van der Waals surface area contributed by atoms with Crippen molar-refractivity contribution in [2.75, 3.05) is 32.8 Å². The third kappa shape index (κ3) is 5.17. The molecule has 28 heavy (non-hydrogen) atoms. The molecule has 2 atom stereocenters. The summed E-state index contributed by atoms with van der Waals surface area (Å²) in [4.78, 5) is 27.4. The summed E-state index contributed by atoms with van der Waals surface area (Å²) >= 11 is 0. The van der Waals surface area contributed by atoms with E-state index >= 15 is 0 Å². The first-order valence-electron chi connectivity index (χ1n) is 9.35. The molecule has 1 aromatic rings. The lowest BCUT2D eigenvalue weighted by atomic mass is 10.0. The van der Waals surface area contributed by atoms with E-state index in [1.807, 2.05) is 4.90 Å². The minimum absolute atomic E-state index is 0.0784. The maximum atomic E-state index is 12.9. The number of carbonyl (C=O) groups excluding carboxylic acids is 1. The largest absolute Gasteiger partial charge is 0.480 e. The lowest BCUT2D eigenvalue weighted by molar-refractivity contribution is -0.148. The molecule has 0 saturated carbocycles. The Hall–Kier alpha value is -2.26. The summed E-state index contributed by atoms with van der Waals surface area (Å²) in [5.41, 5.74) is 0.815. The average Bonchev–Trinajstić information content (AvgIpc) is 2.83. The van der Waals surface area contributed by atoms with Gasteiger partial charge in [-0.3, -0.25) is 14.5 Å². The van der Waals surface area contributed by atoms with Crippen LogP contribution in [0.25, 0.3) is 0 Å². The maximum Gasteiger partial charge on any atom is 0.387 e. The number of nitrogens with zero attached hydrogens (tertiary/aromatic N) is 2. The third-order valence-electron chi connectivity index (χ3n) is 5.09. The van der Waals surface area contributed by atoms with E-state index in [9.17, 15) is 18.4 Å². The van der Waals surface area contributed by atoms with Gasteiger partial charge < -0.3 is 19.5 Å². The van der Waals surface area contributed by atoms with Gasteiger partial charge in [0.1, 0.15) is 12.3 Å². The topological polar surface area (TPSA) is 79.3 Å². The Bertz CT molecular complexity index is 685. The molecule has 2 aliphatic rings. The van der Waals surface area contributed by atoms with Crippen LogP contribution in [0.2, 0.25) is 0 Å². The van der Waals surface area contributed by atoms with E-state index in [0.717, 1.165) is 18.4 Å². The zero-order chi connectivity index (χ0) is 20.1. The van der Waals surface area contributed by atoms with E-state index in [-0.39, 0.29) is 30.3 Å². The standard InChI is InChI=1S/C19H24F2N2O5/c20-19(21)28-14-6-4-13(5-7-14)16-11-22(9-10-27-16)15-3-1-2-8-23(18(15)26)12-17(24)25/h4-7,15-16,19H,1-3,8-12H2,(H,24,25). The molecular weight excluding hydrogens is 374 g/mol. The van der Waals surface area contributed by atoms with Crippen LogP contribution in [-0.2, 0) is 14.3 Å². The molecule has 154 valence electrons. The quantitative estimate of drug-likeness (QED) is 0.791. The predicted octanol–water partition coefficient (Wildman–Crippen LogP) is 2.13. The predicted molar refractivity (Wildman–Crippen MR) is 95.2 cm³/mol. The number of carboxylic acids is 1. The Morgan fingerprint density at radius 1 is 1.25 bits per heavy atom. The maximum absolute atomic E-state index is 12.9. The van der Waals surface area contributed by atoms with Crippen molar-refractivity contribution in [1.29, 1.82) is 0 Å². The second-order valence-electron chi connectivity index (χ2n) is 6.97. The molecule has 1 N–H and O–H groups in total. The number of amides is 1. The number of morpholine rings is 1. The number of hydrogen-bond acceptors (Lipinski definition) is 5. The number of likely N-dealkylation sites (tertiary alicyclic amines) is 1. The van der Waals surface area contributed by atoms with E-state index in [1.165, 1.54) is 17.0 Å². The molecule has 0 aliphatic carbocycles. The second-order valence-corrected chi connectivity index (χ2v) is 6.97. The number of benzene rings is 1. The number of halogens is 2. The Labute approximate surface area is 161 Å². The molecule has 3 rings (SSSR count). The third-order valence-corrected chi connectivity index (χ3v) is 5.09. The van der Waals surface area contributed by atoms with E-state index in [4.69, 9.17) is 9.84 Å². The number of rotatable bonds is 6. The summed E-state index contributed by atoms with van der Waals surface area (Å²) in [5, 5.41) is 9.06. The molecule has 1 amide bonds. The van der Waals surface area contributed by atoms with E-state index in [1.54, 1.807) is 12.1 Å². The van der Waals surface area contributed by atoms with Crippen LogP contribution in [0.15, 0.2) is 24.3 Å². The number of aliphatic carboxylic acids is 1. The number of ether oxygens (including phenoxy) is 2. The van der Waals surface area contributed by atoms with Crippen molar-refractivity contribution < 1.29 is 33.0 Å². The van der Waals surface area contributed by atoms with Gasteiger partial charge in [0.05, 0.1) is 18.8 Å². The van der Waals surface area contributed by atoms with Crippen LogP contribution in [0, 0.1) is 0 Å². The van der Waals surface area contributed by atoms with Crippen LogP contribution in [0.1, 0.15) is 30.9 Å². The zero-order valence-corrected chi connectivity index (χ0v) is 15.4. The molecular formula is C19H24F2N2O5. The van der Waals surface area contributed by atoms with E-state index in [0.29, 0.717) is 32.7 Å². The SMILES string of the molecule is O=C(O)CN1CCCCC(N2CCOC(c3ccc(OC(F)F)cc3)C2)C1=O. The summed E-state index contributed by atoms with van der Waals surface area (Å²) in [6.45, 7) is -1.20. The highest BCUT2D eigenvalue weighted by molar-refractivity contribution is 5.85. The van der Waals surface area contributed by atoms with Crippen LogP contribution in [-0.4, -0.2) is 72.2 Å². The van der Waals surface area contributed by atoms with Gasteiger partial charge in [-0.05, 0) is 37.0 Å². The Morgan fingerprint density at radius 2 is 2.00 bits per heavy atom. The molecule has 2 unspecified atom stereocenters. The van der Waals surface area contributed by atoms with E-state index in [2.05, 4.69) is 4.74 Å². The second kappa shape index (κ2) is 9.29. The Kier molecular flexibility index (Phi) is 6.79. The Morgan fingerprint density at radius 3 is 2.68 bits per heavy atom. The highest BCUT2D eigenvalue weighted by Crippen LogP contribution is 2.28.